The third kappa shape index (κ3) is 4.98. The van der Waals surface area contributed by atoms with Crippen LogP contribution < -0.4 is 10.1 Å². The molecule has 2 heterocycles. The van der Waals surface area contributed by atoms with Crippen LogP contribution in [0, 0.1) is 27.7 Å². The summed E-state index contributed by atoms with van der Waals surface area (Å²) in [6.07, 6.45) is 0.210. The average molecular weight is 456 g/mol. The molecule has 0 fully saturated rings. The van der Waals surface area contributed by atoms with Crippen molar-refractivity contribution in [2.24, 2.45) is 0 Å². The summed E-state index contributed by atoms with van der Waals surface area (Å²) >= 11 is 0. The van der Waals surface area contributed by atoms with Crippen molar-refractivity contribution in [2.45, 2.75) is 40.2 Å². The highest BCUT2D eigenvalue weighted by molar-refractivity contribution is 5.80. The first kappa shape index (κ1) is 23.2. The minimum absolute atomic E-state index is 0.0863. The van der Waals surface area contributed by atoms with Gasteiger partial charge in [-0.3, -0.25) is 4.79 Å². The largest absolute Gasteiger partial charge is 0.497 e. The van der Waals surface area contributed by atoms with E-state index in [-0.39, 0.29) is 18.4 Å². The van der Waals surface area contributed by atoms with Crippen LogP contribution in [0.1, 0.15) is 45.5 Å². The molecule has 1 N–H and O–H groups in total. The highest BCUT2D eigenvalue weighted by atomic mass is 16.5. The van der Waals surface area contributed by atoms with Crippen molar-refractivity contribution >= 4 is 5.91 Å². The molecule has 1 atom stereocenters. The number of aromatic nitrogens is 4. The van der Waals surface area contributed by atoms with Crippen LogP contribution in [0.4, 0.5) is 0 Å². The van der Waals surface area contributed by atoms with Gasteiger partial charge in [-0.05, 0) is 57.0 Å². The summed E-state index contributed by atoms with van der Waals surface area (Å²) in [7, 11) is 1.64. The molecule has 4 rings (SSSR count). The zero-order valence-corrected chi connectivity index (χ0v) is 20.2. The lowest BCUT2D eigenvalue weighted by Gasteiger charge is -2.20. The molecule has 34 heavy (non-hydrogen) atoms. The fraction of sp³-hybridized carbons (Fsp3) is 0.259. The van der Waals surface area contributed by atoms with E-state index in [0.717, 1.165) is 45.2 Å². The van der Waals surface area contributed by atoms with Crippen LogP contribution in [0.3, 0.4) is 0 Å². The standard InChI is InChI=1S/C27H29N5O2/c1-17-15-18(2)29-27(28-17)32-20(4)24(19(3)31-32)16-25(33)30-26(21-9-7-6-8-10-21)22-11-13-23(34-5)14-12-22/h6-15,26H,16H2,1-5H3,(H,30,33). The number of aryl methyl sites for hydroxylation is 3. The summed E-state index contributed by atoms with van der Waals surface area (Å²) < 4.78 is 7.01. The smallest absolute Gasteiger partial charge is 0.251 e. The summed E-state index contributed by atoms with van der Waals surface area (Å²) in [5, 5.41) is 7.84. The van der Waals surface area contributed by atoms with Crippen LogP contribution in [-0.2, 0) is 11.2 Å². The van der Waals surface area contributed by atoms with Gasteiger partial charge >= 0.3 is 0 Å². The molecule has 0 bridgehead atoms. The Morgan fingerprint density at radius 1 is 0.941 bits per heavy atom. The number of hydrogen-bond acceptors (Lipinski definition) is 5. The molecular formula is C27H29N5O2. The Morgan fingerprint density at radius 3 is 2.18 bits per heavy atom. The molecule has 2 aromatic carbocycles. The molecule has 0 aliphatic rings. The minimum atomic E-state index is -0.280. The van der Waals surface area contributed by atoms with E-state index in [1.165, 1.54) is 0 Å². The monoisotopic (exact) mass is 455 g/mol. The number of carbonyl (C=O) groups is 1. The Kier molecular flexibility index (Phi) is 6.72. The molecule has 1 unspecified atom stereocenters. The number of nitrogens with one attached hydrogen (secondary N) is 1. The fourth-order valence-corrected chi connectivity index (χ4v) is 4.10. The third-order valence-corrected chi connectivity index (χ3v) is 5.83. The lowest BCUT2D eigenvalue weighted by Crippen LogP contribution is -2.30. The van der Waals surface area contributed by atoms with Gasteiger partial charge in [0.15, 0.2) is 0 Å². The summed E-state index contributed by atoms with van der Waals surface area (Å²) in [6, 6.07) is 19.3. The van der Waals surface area contributed by atoms with Gasteiger partial charge in [0, 0.05) is 22.6 Å². The molecule has 4 aromatic rings. The molecule has 0 saturated carbocycles. The normalized spacial score (nSPS) is 11.8. The molecule has 0 saturated heterocycles. The Hall–Kier alpha value is -4.00. The van der Waals surface area contributed by atoms with Gasteiger partial charge in [-0.25, -0.2) is 14.6 Å². The molecule has 0 aliphatic carbocycles. The molecule has 7 heteroatoms. The molecule has 174 valence electrons. The maximum atomic E-state index is 13.2. The van der Waals surface area contributed by atoms with Gasteiger partial charge in [-0.2, -0.15) is 5.10 Å². The van der Waals surface area contributed by atoms with Gasteiger partial charge in [-0.15, -0.1) is 0 Å². The number of carbonyl (C=O) groups excluding carboxylic acids is 1. The first-order valence-corrected chi connectivity index (χ1v) is 11.2. The van der Waals surface area contributed by atoms with Gasteiger partial charge in [0.2, 0.25) is 5.91 Å². The fourth-order valence-electron chi connectivity index (χ4n) is 4.10. The third-order valence-electron chi connectivity index (χ3n) is 5.83. The number of hydrogen-bond donors (Lipinski definition) is 1. The average Bonchev–Trinajstić information content (AvgIpc) is 3.11. The molecule has 2 aromatic heterocycles. The number of amides is 1. The van der Waals surface area contributed by atoms with E-state index >= 15 is 0 Å². The van der Waals surface area contributed by atoms with Gasteiger partial charge in [0.05, 0.1) is 25.3 Å². The van der Waals surface area contributed by atoms with E-state index in [0.29, 0.717) is 5.95 Å². The number of methoxy groups -OCH3 is 1. The van der Waals surface area contributed by atoms with Crippen LogP contribution in [0.25, 0.3) is 5.95 Å². The molecule has 0 aliphatic heterocycles. The summed E-state index contributed by atoms with van der Waals surface area (Å²) in [5.74, 6) is 1.20. The van der Waals surface area contributed by atoms with Crippen LogP contribution in [0.2, 0.25) is 0 Å². The van der Waals surface area contributed by atoms with Crippen LogP contribution in [0.15, 0.2) is 60.7 Å². The van der Waals surface area contributed by atoms with E-state index in [2.05, 4.69) is 20.4 Å². The lowest BCUT2D eigenvalue weighted by atomic mass is 9.98. The Bertz CT molecular complexity index is 1280. The molecule has 0 radical (unpaired) electrons. The van der Waals surface area contributed by atoms with Crippen molar-refractivity contribution in [2.75, 3.05) is 7.11 Å². The van der Waals surface area contributed by atoms with Crippen molar-refractivity contribution in [1.29, 1.82) is 0 Å². The second-order valence-electron chi connectivity index (χ2n) is 8.37. The predicted octanol–water partition coefficient (Wildman–Crippen LogP) is 4.35. The van der Waals surface area contributed by atoms with Gasteiger partial charge in [0.1, 0.15) is 5.75 Å². The molecule has 7 nitrogen and oxygen atoms in total. The Morgan fingerprint density at radius 2 is 1.56 bits per heavy atom. The highest BCUT2D eigenvalue weighted by Crippen LogP contribution is 2.25. The van der Waals surface area contributed by atoms with Crippen LogP contribution >= 0.6 is 0 Å². The van der Waals surface area contributed by atoms with Gasteiger partial charge in [0.25, 0.3) is 5.95 Å². The molecular weight excluding hydrogens is 426 g/mol. The maximum Gasteiger partial charge on any atom is 0.251 e. The van der Waals surface area contributed by atoms with Crippen molar-refractivity contribution in [3.05, 3.63) is 100 Å². The van der Waals surface area contributed by atoms with Crippen molar-refractivity contribution in [3.8, 4) is 11.7 Å². The Labute approximate surface area is 199 Å². The van der Waals surface area contributed by atoms with E-state index in [1.807, 2.05) is 88.4 Å². The second-order valence-corrected chi connectivity index (χ2v) is 8.37. The summed E-state index contributed by atoms with van der Waals surface area (Å²) in [5.41, 5.74) is 6.26. The SMILES string of the molecule is COc1ccc(C(NC(=O)Cc2c(C)nn(-c3nc(C)cc(C)n3)c2C)c2ccccc2)cc1. The molecule has 1 amide bonds. The van der Waals surface area contributed by atoms with E-state index in [4.69, 9.17) is 4.74 Å². The zero-order chi connectivity index (χ0) is 24.2. The van der Waals surface area contributed by atoms with Crippen LogP contribution in [0.5, 0.6) is 5.75 Å². The highest BCUT2D eigenvalue weighted by Gasteiger charge is 2.21. The zero-order valence-electron chi connectivity index (χ0n) is 20.2. The van der Waals surface area contributed by atoms with Crippen molar-refractivity contribution in [1.82, 2.24) is 25.1 Å². The summed E-state index contributed by atoms with van der Waals surface area (Å²) in [4.78, 5) is 22.3. The second kappa shape index (κ2) is 9.87. The summed E-state index contributed by atoms with van der Waals surface area (Å²) in [6.45, 7) is 7.72. The topological polar surface area (TPSA) is 81.9 Å². The van der Waals surface area contributed by atoms with Crippen molar-refractivity contribution < 1.29 is 9.53 Å². The predicted molar refractivity (Wildman–Crippen MR) is 131 cm³/mol. The van der Waals surface area contributed by atoms with Gasteiger partial charge in [-0.1, -0.05) is 42.5 Å². The van der Waals surface area contributed by atoms with Gasteiger partial charge < -0.3 is 10.1 Å². The number of nitrogens with zero attached hydrogens (tertiary/aromatic N) is 4. The van der Waals surface area contributed by atoms with Crippen molar-refractivity contribution in [3.63, 3.8) is 0 Å². The quantitative estimate of drug-likeness (QED) is 0.448. The van der Waals surface area contributed by atoms with E-state index < -0.39 is 0 Å². The molecule has 0 spiro atoms. The number of benzene rings is 2. The van der Waals surface area contributed by atoms with E-state index in [9.17, 15) is 4.79 Å². The first-order valence-electron chi connectivity index (χ1n) is 11.2. The van der Waals surface area contributed by atoms with Crippen LogP contribution in [-0.4, -0.2) is 32.8 Å². The minimum Gasteiger partial charge on any atom is -0.497 e. The Balaban J connectivity index is 1.60. The number of rotatable bonds is 7. The lowest BCUT2D eigenvalue weighted by molar-refractivity contribution is -0.121. The van der Waals surface area contributed by atoms with E-state index in [1.54, 1.807) is 11.8 Å². The number of ether oxygens (including phenoxy) is 1. The first-order chi connectivity index (χ1) is 16.4. The maximum absolute atomic E-state index is 13.2.